The van der Waals surface area contributed by atoms with Crippen molar-refractivity contribution in [3.05, 3.63) is 79.9 Å². The van der Waals surface area contributed by atoms with Gasteiger partial charge in [-0.05, 0) is 23.6 Å². The predicted molar refractivity (Wildman–Crippen MR) is 118 cm³/mol. The number of benzene rings is 1. The Morgan fingerprint density at radius 3 is 2.61 bits per heavy atom. The second kappa shape index (κ2) is 9.29. The van der Waals surface area contributed by atoms with Crippen LogP contribution in [0.25, 0.3) is 0 Å². The van der Waals surface area contributed by atoms with Crippen LogP contribution >= 0.6 is 23.7 Å². The summed E-state index contributed by atoms with van der Waals surface area (Å²) in [5.41, 5.74) is 7.92. The van der Waals surface area contributed by atoms with Crippen molar-refractivity contribution in [2.75, 3.05) is 11.9 Å². The molecule has 0 atom stereocenters. The van der Waals surface area contributed by atoms with Crippen LogP contribution in [-0.2, 0) is 19.5 Å². The van der Waals surface area contributed by atoms with Crippen molar-refractivity contribution >= 4 is 46.4 Å². The summed E-state index contributed by atoms with van der Waals surface area (Å²) in [7, 11) is 0. The number of nitrogens with zero attached hydrogens (tertiary/aromatic N) is 2. The molecule has 2 amide bonds. The van der Waals surface area contributed by atoms with Gasteiger partial charge in [-0.3, -0.25) is 24.6 Å². The number of halogens is 1. The summed E-state index contributed by atoms with van der Waals surface area (Å²) in [5, 5.41) is 13.7. The number of hydrogen-bond acceptors (Lipinski definition) is 7. The summed E-state index contributed by atoms with van der Waals surface area (Å²) >= 11 is 1.29. The van der Waals surface area contributed by atoms with Crippen molar-refractivity contribution in [3.8, 4) is 0 Å². The fourth-order valence-corrected chi connectivity index (χ4v) is 4.78. The Bertz CT molecular complexity index is 1130. The molecule has 2 aromatic heterocycles. The zero-order valence-corrected chi connectivity index (χ0v) is 17.8. The highest BCUT2D eigenvalue weighted by Gasteiger charge is 2.28. The van der Waals surface area contributed by atoms with Gasteiger partial charge >= 0.3 is 5.88 Å². The maximum atomic E-state index is 12.5. The van der Waals surface area contributed by atoms with Crippen LogP contribution < -0.4 is 11.1 Å². The molecular formula is C20H19ClN4O5S. The average molecular weight is 463 g/mol. The third-order valence-electron chi connectivity index (χ3n) is 4.85. The van der Waals surface area contributed by atoms with E-state index in [2.05, 4.69) is 22.3 Å². The van der Waals surface area contributed by atoms with Gasteiger partial charge in [0.25, 0.3) is 11.8 Å². The number of anilines is 1. The van der Waals surface area contributed by atoms with Gasteiger partial charge in [-0.1, -0.05) is 30.3 Å². The van der Waals surface area contributed by atoms with Gasteiger partial charge in [0.15, 0.2) is 5.76 Å². The van der Waals surface area contributed by atoms with E-state index >= 15 is 0 Å². The SMILES string of the molecule is Cl.NC(=O)c1c(NC(=O)c2ccc([N+](=O)[O-])o2)sc2c1CCN(Cc1ccccc1)C2. The molecular weight excluding hydrogens is 444 g/mol. The first kappa shape index (κ1) is 22.5. The normalized spacial score (nSPS) is 13.2. The van der Waals surface area contributed by atoms with Crippen LogP contribution in [0.3, 0.4) is 0 Å². The van der Waals surface area contributed by atoms with E-state index in [0.29, 0.717) is 23.5 Å². The number of nitro groups is 1. The minimum absolute atomic E-state index is 0. The highest BCUT2D eigenvalue weighted by atomic mass is 35.5. The number of carbonyl (C=O) groups excluding carboxylic acids is 2. The van der Waals surface area contributed by atoms with Crippen LogP contribution in [0.1, 0.15) is 36.9 Å². The van der Waals surface area contributed by atoms with Crippen LogP contribution in [-0.4, -0.2) is 28.2 Å². The first-order valence-corrected chi connectivity index (χ1v) is 10.00. The molecule has 3 heterocycles. The van der Waals surface area contributed by atoms with Gasteiger partial charge in [-0.2, -0.15) is 0 Å². The first-order chi connectivity index (χ1) is 14.4. The molecule has 0 saturated heterocycles. The third kappa shape index (κ3) is 4.76. The number of furan rings is 1. The van der Waals surface area contributed by atoms with Crippen molar-refractivity contribution < 1.29 is 18.9 Å². The van der Waals surface area contributed by atoms with E-state index in [-0.39, 0.29) is 18.2 Å². The fraction of sp³-hybridized carbons (Fsp3) is 0.200. The van der Waals surface area contributed by atoms with Gasteiger partial charge in [-0.25, -0.2) is 0 Å². The number of hydrogen-bond donors (Lipinski definition) is 2. The minimum atomic E-state index is -0.725. The second-order valence-electron chi connectivity index (χ2n) is 6.87. The number of fused-ring (bicyclic) bond motifs is 1. The first-order valence-electron chi connectivity index (χ1n) is 9.18. The molecule has 31 heavy (non-hydrogen) atoms. The quantitative estimate of drug-likeness (QED) is 0.425. The van der Waals surface area contributed by atoms with Crippen molar-refractivity contribution in [2.45, 2.75) is 19.5 Å². The summed E-state index contributed by atoms with van der Waals surface area (Å²) < 4.78 is 4.93. The molecule has 3 aromatic rings. The van der Waals surface area contributed by atoms with Crippen LogP contribution in [0, 0.1) is 10.1 Å². The molecule has 162 valence electrons. The molecule has 0 spiro atoms. The lowest BCUT2D eigenvalue weighted by Gasteiger charge is -2.27. The number of carbonyl (C=O) groups is 2. The Morgan fingerprint density at radius 1 is 1.23 bits per heavy atom. The van der Waals surface area contributed by atoms with E-state index in [1.807, 2.05) is 18.2 Å². The predicted octanol–water partition coefficient (Wildman–Crippen LogP) is 3.58. The Labute approximate surface area is 187 Å². The Morgan fingerprint density at radius 2 is 1.97 bits per heavy atom. The van der Waals surface area contributed by atoms with Crippen LogP contribution in [0.4, 0.5) is 10.9 Å². The second-order valence-corrected chi connectivity index (χ2v) is 7.97. The molecule has 1 aliphatic rings. The molecule has 1 aromatic carbocycles. The molecule has 0 unspecified atom stereocenters. The van der Waals surface area contributed by atoms with E-state index in [0.717, 1.165) is 29.6 Å². The Balaban J connectivity index is 0.00000272. The van der Waals surface area contributed by atoms with E-state index < -0.39 is 22.6 Å². The van der Waals surface area contributed by atoms with Crippen molar-refractivity contribution in [2.24, 2.45) is 5.73 Å². The van der Waals surface area contributed by atoms with E-state index in [4.69, 9.17) is 10.2 Å². The maximum absolute atomic E-state index is 12.5. The average Bonchev–Trinajstić information content (AvgIpc) is 3.33. The molecule has 0 radical (unpaired) electrons. The largest absolute Gasteiger partial charge is 0.433 e. The lowest BCUT2D eigenvalue weighted by molar-refractivity contribution is -0.402. The molecule has 0 saturated carbocycles. The highest BCUT2D eigenvalue weighted by molar-refractivity contribution is 7.17. The van der Waals surface area contributed by atoms with Crippen molar-refractivity contribution in [1.29, 1.82) is 0 Å². The number of amides is 2. The van der Waals surface area contributed by atoms with Gasteiger partial charge in [0.2, 0.25) is 0 Å². The molecule has 11 heteroatoms. The van der Waals surface area contributed by atoms with Gasteiger partial charge in [0.05, 0.1) is 11.6 Å². The van der Waals surface area contributed by atoms with Gasteiger partial charge in [0, 0.05) is 24.5 Å². The molecule has 0 fully saturated rings. The number of rotatable bonds is 6. The lowest BCUT2D eigenvalue weighted by atomic mass is 10.0. The molecule has 3 N–H and O–H groups in total. The standard InChI is InChI=1S/C20H18N4O5S.ClH/c21-18(25)17-13-8-9-23(10-12-4-2-1-3-5-12)11-15(13)30-20(17)22-19(26)14-6-7-16(29-14)24(27)28;/h1-7H,8-11H2,(H2,21,25)(H,22,26);1H. The number of primary amides is 1. The molecule has 0 aliphatic carbocycles. The van der Waals surface area contributed by atoms with Crippen LogP contribution in [0.15, 0.2) is 46.9 Å². The van der Waals surface area contributed by atoms with Gasteiger partial charge < -0.3 is 15.5 Å². The topological polar surface area (TPSA) is 132 Å². The third-order valence-corrected chi connectivity index (χ3v) is 5.99. The molecule has 9 nitrogen and oxygen atoms in total. The van der Waals surface area contributed by atoms with E-state index in [1.165, 1.54) is 23.0 Å². The smallest absolute Gasteiger partial charge is 0.395 e. The zero-order chi connectivity index (χ0) is 21.3. The monoisotopic (exact) mass is 462 g/mol. The summed E-state index contributed by atoms with van der Waals surface area (Å²) in [4.78, 5) is 37.8. The van der Waals surface area contributed by atoms with E-state index in [9.17, 15) is 19.7 Å². The summed E-state index contributed by atoms with van der Waals surface area (Å²) in [6.07, 6.45) is 0.638. The molecule has 4 rings (SSSR count). The minimum Gasteiger partial charge on any atom is -0.395 e. The molecule has 1 aliphatic heterocycles. The van der Waals surface area contributed by atoms with Gasteiger partial charge in [0.1, 0.15) is 9.92 Å². The summed E-state index contributed by atoms with van der Waals surface area (Å²) in [6.45, 7) is 2.18. The molecule has 0 bridgehead atoms. The van der Waals surface area contributed by atoms with Crippen molar-refractivity contribution in [1.82, 2.24) is 4.90 Å². The maximum Gasteiger partial charge on any atom is 0.433 e. The highest BCUT2D eigenvalue weighted by Crippen LogP contribution is 2.37. The van der Waals surface area contributed by atoms with Crippen LogP contribution in [0.2, 0.25) is 0 Å². The summed E-state index contributed by atoms with van der Waals surface area (Å²) in [6, 6.07) is 12.4. The number of thiophene rings is 1. The Hall–Kier alpha value is -3.21. The number of nitrogens with one attached hydrogen (secondary N) is 1. The fourth-order valence-electron chi connectivity index (χ4n) is 3.49. The van der Waals surface area contributed by atoms with Crippen molar-refractivity contribution in [3.63, 3.8) is 0 Å². The number of nitrogens with two attached hydrogens (primary N) is 1. The van der Waals surface area contributed by atoms with Gasteiger partial charge in [-0.15, -0.1) is 23.7 Å². The zero-order valence-electron chi connectivity index (χ0n) is 16.2. The summed E-state index contributed by atoms with van der Waals surface area (Å²) in [5.74, 6) is -2.04. The Kier molecular flexibility index (Phi) is 6.74. The van der Waals surface area contributed by atoms with E-state index in [1.54, 1.807) is 0 Å². The lowest BCUT2D eigenvalue weighted by Crippen LogP contribution is -2.30. The van der Waals surface area contributed by atoms with Crippen LogP contribution in [0.5, 0.6) is 0 Å².